The monoisotopic (exact) mass is 379 g/mol. The number of amides is 1. The number of rotatable bonds is 9. The van der Waals surface area contributed by atoms with Crippen LogP contribution in [0.1, 0.15) is 31.4 Å². The van der Waals surface area contributed by atoms with Gasteiger partial charge in [-0.1, -0.05) is 36.9 Å². The van der Waals surface area contributed by atoms with Crippen molar-refractivity contribution in [3.05, 3.63) is 54.2 Å². The van der Waals surface area contributed by atoms with E-state index in [1.165, 1.54) is 0 Å². The maximum Gasteiger partial charge on any atom is 0.234 e. The fraction of sp³-hybridized carbons (Fsp3) is 0.333. The van der Waals surface area contributed by atoms with Gasteiger partial charge in [0.15, 0.2) is 0 Å². The highest BCUT2D eigenvalue weighted by molar-refractivity contribution is 5.90. The van der Waals surface area contributed by atoms with Gasteiger partial charge >= 0.3 is 0 Å². The Kier molecular flexibility index (Phi) is 7.52. The second-order valence-electron chi connectivity index (χ2n) is 6.45. The summed E-state index contributed by atoms with van der Waals surface area (Å²) < 4.78 is 5.65. The molecule has 1 amide bonds. The normalized spacial score (nSPS) is 10.2. The molecule has 0 unspecified atom stereocenters. The van der Waals surface area contributed by atoms with Crippen LogP contribution in [0.25, 0.3) is 0 Å². The molecule has 146 valence electrons. The molecule has 7 nitrogen and oxygen atoms in total. The van der Waals surface area contributed by atoms with Crippen LogP contribution < -0.4 is 15.0 Å². The second kappa shape index (κ2) is 10.1. The van der Waals surface area contributed by atoms with Crippen LogP contribution in [0.2, 0.25) is 0 Å². The molecule has 0 bridgehead atoms. The number of nitrogens with zero attached hydrogens (tertiary/aromatic N) is 4. The summed E-state index contributed by atoms with van der Waals surface area (Å²) in [7, 11) is 0. The van der Waals surface area contributed by atoms with E-state index in [4.69, 9.17) is 10.00 Å². The topological polar surface area (TPSA) is 91.1 Å². The molecule has 0 aliphatic carbocycles. The van der Waals surface area contributed by atoms with E-state index in [9.17, 15) is 4.79 Å². The van der Waals surface area contributed by atoms with Crippen LogP contribution in [0, 0.1) is 18.3 Å². The fourth-order valence-electron chi connectivity index (χ4n) is 2.62. The number of hydrogen-bond donors (Lipinski definition) is 1. The van der Waals surface area contributed by atoms with E-state index in [0.29, 0.717) is 17.3 Å². The highest BCUT2D eigenvalue weighted by Gasteiger charge is 2.19. The third-order valence-electron chi connectivity index (χ3n) is 3.98. The summed E-state index contributed by atoms with van der Waals surface area (Å²) in [4.78, 5) is 23.1. The Labute approximate surface area is 165 Å². The van der Waals surface area contributed by atoms with E-state index in [1.54, 1.807) is 6.20 Å². The molecule has 1 aromatic heterocycles. The van der Waals surface area contributed by atoms with Crippen LogP contribution in [-0.4, -0.2) is 28.5 Å². The van der Waals surface area contributed by atoms with Crippen LogP contribution in [0.4, 0.5) is 11.8 Å². The van der Waals surface area contributed by atoms with Crippen molar-refractivity contribution >= 4 is 17.7 Å². The fourth-order valence-corrected chi connectivity index (χ4v) is 2.62. The number of anilines is 2. The predicted molar refractivity (Wildman–Crippen MR) is 109 cm³/mol. The summed E-state index contributed by atoms with van der Waals surface area (Å²) in [5.74, 6) is 0.865. The lowest BCUT2D eigenvalue weighted by Gasteiger charge is -2.26. The van der Waals surface area contributed by atoms with Gasteiger partial charge in [-0.25, -0.2) is 0 Å². The Hall–Kier alpha value is -3.40. The number of benzene rings is 1. The molecule has 0 aliphatic rings. The van der Waals surface area contributed by atoms with Crippen LogP contribution in [0.15, 0.2) is 43.1 Å². The Bertz CT molecular complexity index is 859. The smallest absolute Gasteiger partial charge is 0.234 e. The Morgan fingerprint density at radius 3 is 2.68 bits per heavy atom. The number of nitriles is 1. The number of nitrogens with one attached hydrogen (secondary N) is 1. The second-order valence-corrected chi connectivity index (χ2v) is 6.45. The number of carbonyl (C=O) groups is 1. The van der Waals surface area contributed by atoms with E-state index >= 15 is 0 Å². The van der Waals surface area contributed by atoms with Crippen LogP contribution >= 0.6 is 0 Å². The van der Waals surface area contributed by atoms with Gasteiger partial charge in [-0.15, -0.1) is 0 Å². The van der Waals surface area contributed by atoms with Crippen molar-refractivity contribution in [2.45, 2.75) is 39.7 Å². The molecular formula is C21H25N5O2. The minimum atomic E-state index is -0.223. The molecular weight excluding hydrogens is 354 g/mol. The van der Waals surface area contributed by atoms with Gasteiger partial charge in [-0.3, -0.25) is 10.1 Å². The highest BCUT2D eigenvalue weighted by Crippen LogP contribution is 2.28. The lowest BCUT2D eigenvalue weighted by Crippen LogP contribution is -2.27. The summed E-state index contributed by atoms with van der Waals surface area (Å²) in [6, 6.07) is 11.6. The zero-order valence-electron chi connectivity index (χ0n) is 16.5. The maximum absolute atomic E-state index is 12.4. The molecule has 0 radical (unpaired) electrons. The molecule has 0 aliphatic heterocycles. The van der Waals surface area contributed by atoms with E-state index in [1.807, 2.05) is 62.1 Å². The molecule has 0 atom stereocenters. The van der Waals surface area contributed by atoms with Gasteiger partial charge in [0.25, 0.3) is 0 Å². The molecule has 7 heteroatoms. The highest BCUT2D eigenvalue weighted by atomic mass is 16.5. The molecule has 2 aromatic rings. The number of hydrogen-bond acceptors (Lipinski definition) is 6. The van der Waals surface area contributed by atoms with Crippen molar-refractivity contribution in [3.63, 3.8) is 0 Å². The first kappa shape index (κ1) is 20.9. The first-order chi connectivity index (χ1) is 13.5. The molecule has 28 heavy (non-hydrogen) atoms. The summed E-state index contributed by atoms with van der Waals surface area (Å²) in [5.41, 5.74) is 1.61. The quantitative estimate of drug-likeness (QED) is 0.669. The van der Waals surface area contributed by atoms with Crippen LogP contribution in [0.5, 0.6) is 5.88 Å². The lowest BCUT2D eigenvalue weighted by atomic mass is 10.1. The standard InChI is InChI=1S/C21H25N5O2/c1-5-26(15(2)3)19-16(4)20(28-13-9-12-22)25-21(24-19)23-18(27)14-17-10-7-6-8-11-17/h5-8,10-11,15H,1,9,13-14H2,2-4H3,(H,23,24,25,27). The number of ether oxygens (including phenoxy) is 1. The van der Waals surface area contributed by atoms with Crippen molar-refractivity contribution in [3.8, 4) is 11.9 Å². The van der Waals surface area contributed by atoms with E-state index in [-0.39, 0.29) is 37.3 Å². The van der Waals surface area contributed by atoms with Crippen molar-refractivity contribution in [2.75, 3.05) is 16.8 Å². The maximum atomic E-state index is 12.4. The molecule has 1 heterocycles. The number of aromatic nitrogens is 2. The minimum absolute atomic E-state index is 0.103. The van der Waals surface area contributed by atoms with Crippen LogP contribution in [-0.2, 0) is 11.2 Å². The molecule has 1 N–H and O–H groups in total. The Morgan fingerprint density at radius 1 is 1.36 bits per heavy atom. The first-order valence-electron chi connectivity index (χ1n) is 9.09. The lowest BCUT2D eigenvalue weighted by molar-refractivity contribution is -0.115. The molecule has 0 saturated carbocycles. The van der Waals surface area contributed by atoms with Crippen molar-refractivity contribution in [1.82, 2.24) is 9.97 Å². The van der Waals surface area contributed by atoms with E-state index < -0.39 is 0 Å². The van der Waals surface area contributed by atoms with Gasteiger partial charge in [0.05, 0.1) is 24.5 Å². The summed E-state index contributed by atoms with van der Waals surface area (Å²) >= 11 is 0. The molecule has 2 rings (SSSR count). The minimum Gasteiger partial charge on any atom is -0.476 e. The van der Waals surface area contributed by atoms with Gasteiger partial charge in [0, 0.05) is 6.04 Å². The van der Waals surface area contributed by atoms with Crippen molar-refractivity contribution < 1.29 is 9.53 Å². The number of carbonyl (C=O) groups excluding carboxylic acids is 1. The van der Waals surface area contributed by atoms with Crippen molar-refractivity contribution in [1.29, 1.82) is 5.26 Å². The molecule has 0 fully saturated rings. The third-order valence-corrected chi connectivity index (χ3v) is 3.98. The average Bonchev–Trinajstić information content (AvgIpc) is 2.66. The zero-order chi connectivity index (χ0) is 20.5. The van der Waals surface area contributed by atoms with E-state index in [2.05, 4.69) is 21.9 Å². The Balaban J connectivity index is 2.31. The summed E-state index contributed by atoms with van der Waals surface area (Å²) in [6.45, 7) is 9.91. The predicted octanol–water partition coefficient (Wildman–Crippen LogP) is 3.62. The van der Waals surface area contributed by atoms with Gasteiger partial charge in [-0.05, 0) is 32.5 Å². The summed E-state index contributed by atoms with van der Waals surface area (Å²) in [5, 5.41) is 11.5. The largest absolute Gasteiger partial charge is 0.476 e. The van der Waals surface area contributed by atoms with Gasteiger partial charge < -0.3 is 9.64 Å². The van der Waals surface area contributed by atoms with Gasteiger partial charge in [0.1, 0.15) is 12.4 Å². The van der Waals surface area contributed by atoms with Gasteiger partial charge in [0.2, 0.25) is 17.7 Å². The first-order valence-corrected chi connectivity index (χ1v) is 9.09. The Morgan fingerprint density at radius 2 is 2.07 bits per heavy atom. The average molecular weight is 379 g/mol. The third kappa shape index (κ3) is 5.55. The molecule has 0 saturated heterocycles. The zero-order valence-corrected chi connectivity index (χ0v) is 16.5. The summed E-state index contributed by atoms with van der Waals surface area (Å²) in [6.07, 6.45) is 2.13. The SMILES string of the molecule is C=CN(c1nc(NC(=O)Cc2ccccc2)nc(OCCC#N)c1C)C(C)C. The van der Waals surface area contributed by atoms with Crippen LogP contribution in [0.3, 0.4) is 0 Å². The van der Waals surface area contributed by atoms with E-state index in [0.717, 1.165) is 5.56 Å². The molecule has 0 spiro atoms. The molecule has 1 aromatic carbocycles. The van der Waals surface area contributed by atoms with Gasteiger partial charge in [-0.2, -0.15) is 15.2 Å². The van der Waals surface area contributed by atoms with Crippen molar-refractivity contribution in [2.24, 2.45) is 0 Å².